The number of alkyl carbamates (subject to hydrolysis) is 1. The molecule has 1 heterocycles. The van der Waals surface area contributed by atoms with Gasteiger partial charge in [0.2, 0.25) is 5.91 Å². The highest BCUT2D eigenvalue weighted by atomic mass is 16.6. The average Bonchev–Trinajstić information content (AvgIpc) is 3.28. The Bertz CT molecular complexity index is 778. The molecule has 0 radical (unpaired) electrons. The van der Waals surface area contributed by atoms with E-state index < -0.39 is 11.7 Å². The fraction of sp³-hybridized carbons (Fsp3) is 0.565. The van der Waals surface area contributed by atoms with Gasteiger partial charge < -0.3 is 19.9 Å². The van der Waals surface area contributed by atoms with E-state index in [4.69, 9.17) is 4.74 Å². The lowest BCUT2D eigenvalue weighted by molar-refractivity contribution is -0.137. The molecular formula is C23H31N3O3. The molecular weight excluding hydrogens is 366 g/mol. The van der Waals surface area contributed by atoms with Crippen LogP contribution in [0.1, 0.15) is 27.2 Å². The van der Waals surface area contributed by atoms with Gasteiger partial charge in [0.25, 0.3) is 0 Å². The first-order chi connectivity index (χ1) is 13.8. The Morgan fingerprint density at radius 3 is 2.31 bits per heavy atom. The molecule has 4 unspecified atom stereocenters. The van der Waals surface area contributed by atoms with E-state index in [0.29, 0.717) is 13.1 Å². The van der Waals surface area contributed by atoms with E-state index in [-0.39, 0.29) is 29.7 Å². The number of carbonyl (C=O) groups is 2. The smallest absolute Gasteiger partial charge is 0.407 e. The van der Waals surface area contributed by atoms with E-state index in [0.717, 1.165) is 19.5 Å². The number of anilines is 1. The van der Waals surface area contributed by atoms with E-state index in [1.165, 1.54) is 5.69 Å². The number of carbonyl (C=O) groups excluding carboxylic acids is 2. The van der Waals surface area contributed by atoms with Gasteiger partial charge in [-0.2, -0.15) is 0 Å². The van der Waals surface area contributed by atoms with E-state index >= 15 is 0 Å². The molecule has 2 fully saturated rings. The molecule has 1 saturated heterocycles. The first kappa shape index (κ1) is 19.8. The largest absolute Gasteiger partial charge is 0.444 e. The van der Waals surface area contributed by atoms with Gasteiger partial charge in [-0.25, -0.2) is 4.79 Å². The number of nitrogens with one attached hydrogen (secondary N) is 1. The van der Waals surface area contributed by atoms with Crippen molar-refractivity contribution in [2.75, 3.05) is 31.1 Å². The molecule has 0 aromatic heterocycles. The van der Waals surface area contributed by atoms with Crippen molar-refractivity contribution in [3.8, 4) is 0 Å². The second-order valence-electron chi connectivity index (χ2n) is 9.29. The molecule has 1 saturated carbocycles. The minimum absolute atomic E-state index is 0.163. The summed E-state index contributed by atoms with van der Waals surface area (Å²) in [6.07, 6.45) is 4.79. The van der Waals surface area contributed by atoms with Crippen LogP contribution in [0.4, 0.5) is 10.5 Å². The van der Waals surface area contributed by atoms with Gasteiger partial charge >= 0.3 is 6.09 Å². The quantitative estimate of drug-likeness (QED) is 0.797. The van der Waals surface area contributed by atoms with Crippen LogP contribution in [0.25, 0.3) is 0 Å². The number of hydrogen-bond donors (Lipinski definition) is 1. The topological polar surface area (TPSA) is 61.9 Å². The monoisotopic (exact) mass is 397 g/mol. The molecule has 6 nitrogen and oxygen atoms in total. The molecule has 3 aliphatic rings. The molecule has 6 heteroatoms. The summed E-state index contributed by atoms with van der Waals surface area (Å²) in [5.41, 5.74) is 0.650. The zero-order valence-electron chi connectivity index (χ0n) is 17.5. The highest BCUT2D eigenvalue weighted by Crippen LogP contribution is 2.44. The Labute approximate surface area is 172 Å². The molecule has 2 bridgehead atoms. The van der Waals surface area contributed by atoms with Crippen molar-refractivity contribution in [3.05, 3.63) is 42.5 Å². The molecule has 1 aliphatic heterocycles. The van der Waals surface area contributed by atoms with Crippen LogP contribution < -0.4 is 10.2 Å². The first-order valence-electron chi connectivity index (χ1n) is 10.6. The minimum Gasteiger partial charge on any atom is -0.444 e. The average molecular weight is 398 g/mol. The van der Waals surface area contributed by atoms with Crippen LogP contribution >= 0.6 is 0 Å². The van der Waals surface area contributed by atoms with Gasteiger partial charge in [-0.05, 0) is 51.2 Å². The third-order valence-corrected chi connectivity index (χ3v) is 6.14. The molecule has 2 aliphatic carbocycles. The summed E-state index contributed by atoms with van der Waals surface area (Å²) in [4.78, 5) is 30.0. The molecule has 4 atom stereocenters. The van der Waals surface area contributed by atoms with Crippen molar-refractivity contribution in [2.45, 2.75) is 38.8 Å². The molecule has 1 aromatic carbocycles. The molecule has 0 spiro atoms. The van der Waals surface area contributed by atoms with Crippen LogP contribution in [-0.4, -0.2) is 54.7 Å². The Hall–Kier alpha value is -2.50. The summed E-state index contributed by atoms with van der Waals surface area (Å²) < 4.78 is 5.44. The molecule has 156 valence electrons. The van der Waals surface area contributed by atoms with Gasteiger partial charge in [0.05, 0.1) is 12.0 Å². The summed E-state index contributed by atoms with van der Waals surface area (Å²) in [5.74, 6) is 0.392. The van der Waals surface area contributed by atoms with Crippen molar-refractivity contribution >= 4 is 17.7 Å². The predicted molar refractivity (Wildman–Crippen MR) is 113 cm³/mol. The fourth-order valence-corrected chi connectivity index (χ4v) is 4.83. The lowest BCUT2D eigenvalue weighted by atomic mass is 9.87. The zero-order valence-corrected chi connectivity index (χ0v) is 17.5. The van der Waals surface area contributed by atoms with Crippen molar-refractivity contribution in [2.24, 2.45) is 17.8 Å². The van der Waals surface area contributed by atoms with Crippen molar-refractivity contribution in [1.29, 1.82) is 0 Å². The van der Waals surface area contributed by atoms with Crippen LogP contribution in [0, 0.1) is 17.8 Å². The van der Waals surface area contributed by atoms with E-state index in [1.54, 1.807) is 0 Å². The number of hydrogen-bond acceptors (Lipinski definition) is 4. The Morgan fingerprint density at radius 1 is 1.00 bits per heavy atom. The van der Waals surface area contributed by atoms with Gasteiger partial charge in [0.15, 0.2) is 0 Å². The molecule has 2 amide bonds. The lowest BCUT2D eigenvalue weighted by Crippen LogP contribution is -2.55. The SMILES string of the molecule is CC(C)(C)OC(=O)NC1C2C=CC(C2)C1C(=O)N1CCN(c2ccccc2)CC1. The van der Waals surface area contributed by atoms with Crippen LogP contribution in [0.5, 0.6) is 0 Å². The number of benzene rings is 1. The summed E-state index contributed by atoms with van der Waals surface area (Å²) >= 11 is 0. The number of allylic oxidation sites excluding steroid dienone is 1. The van der Waals surface area contributed by atoms with Gasteiger partial charge in [0, 0.05) is 31.9 Å². The minimum atomic E-state index is -0.551. The summed E-state index contributed by atoms with van der Waals surface area (Å²) in [7, 11) is 0. The second kappa shape index (κ2) is 7.73. The number of ether oxygens (including phenoxy) is 1. The van der Waals surface area contributed by atoms with Crippen LogP contribution in [0.15, 0.2) is 42.5 Å². The normalized spacial score (nSPS) is 28.5. The number of para-hydroxylation sites is 1. The third kappa shape index (κ3) is 4.26. The highest BCUT2D eigenvalue weighted by molar-refractivity contribution is 5.82. The third-order valence-electron chi connectivity index (χ3n) is 6.14. The van der Waals surface area contributed by atoms with Crippen LogP contribution in [0.3, 0.4) is 0 Å². The van der Waals surface area contributed by atoms with E-state index in [1.807, 2.05) is 43.9 Å². The van der Waals surface area contributed by atoms with E-state index in [9.17, 15) is 9.59 Å². The molecule has 1 N–H and O–H groups in total. The molecule has 4 rings (SSSR count). The highest BCUT2D eigenvalue weighted by Gasteiger charge is 2.50. The van der Waals surface area contributed by atoms with Crippen molar-refractivity contribution < 1.29 is 14.3 Å². The van der Waals surface area contributed by atoms with Gasteiger partial charge in [0.1, 0.15) is 5.60 Å². The summed E-state index contributed by atoms with van der Waals surface area (Å²) in [6.45, 7) is 8.63. The zero-order chi connectivity index (χ0) is 20.6. The predicted octanol–water partition coefficient (Wildman–Crippen LogP) is 3.05. The maximum atomic E-state index is 13.4. The van der Waals surface area contributed by atoms with Crippen LogP contribution in [0.2, 0.25) is 0 Å². The number of fused-ring (bicyclic) bond motifs is 2. The Balaban J connectivity index is 1.39. The van der Waals surface area contributed by atoms with Gasteiger partial charge in [-0.15, -0.1) is 0 Å². The number of amides is 2. The number of piperazine rings is 1. The Morgan fingerprint density at radius 2 is 1.66 bits per heavy atom. The standard InChI is InChI=1S/C23H31N3O3/c1-23(2,3)29-22(28)24-20-17-10-9-16(15-17)19(20)21(27)26-13-11-25(12-14-26)18-7-5-4-6-8-18/h4-10,16-17,19-20H,11-15H2,1-3H3,(H,24,28). The van der Waals surface area contributed by atoms with E-state index in [2.05, 4.69) is 34.5 Å². The maximum absolute atomic E-state index is 13.4. The lowest BCUT2D eigenvalue weighted by Gasteiger charge is -2.39. The fourth-order valence-electron chi connectivity index (χ4n) is 4.83. The second-order valence-corrected chi connectivity index (χ2v) is 9.29. The van der Waals surface area contributed by atoms with Crippen molar-refractivity contribution in [3.63, 3.8) is 0 Å². The molecule has 29 heavy (non-hydrogen) atoms. The van der Waals surface area contributed by atoms with Crippen molar-refractivity contribution in [1.82, 2.24) is 10.2 Å². The number of nitrogens with zero attached hydrogens (tertiary/aromatic N) is 2. The maximum Gasteiger partial charge on any atom is 0.407 e. The van der Waals surface area contributed by atoms with Crippen LogP contribution in [-0.2, 0) is 9.53 Å². The number of rotatable bonds is 3. The first-order valence-corrected chi connectivity index (χ1v) is 10.6. The Kier molecular flexibility index (Phi) is 5.28. The molecule has 1 aromatic rings. The summed E-state index contributed by atoms with van der Waals surface area (Å²) in [6, 6.07) is 10.1. The summed E-state index contributed by atoms with van der Waals surface area (Å²) in [5, 5.41) is 3.00. The van der Waals surface area contributed by atoms with Gasteiger partial charge in [-0.3, -0.25) is 4.79 Å². The van der Waals surface area contributed by atoms with Gasteiger partial charge in [-0.1, -0.05) is 30.4 Å².